The van der Waals surface area contributed by atoms with Gasteiger partial charge in [-0.3, -0.25) is 9.59 Å². The fourth-order valence-corrected chi connectivity index (χ4v) is 2.29. The van der Waals surface area contributed by atoms with Crippen molar-refractivity contribution in [3.05, 3.63) is 65.5 Å². The Labute approximate surface area is 143 Å². The minimum absolute atomic E-state index is 0.297. The Morgan fingerprint density at radius 2 is 1.60 bits per heavy atom. The lowest BCUT2D eigenvalue weighted by atomic mass is 10.2. The van der Waals surface area contributed by atoms with Crippen LogP contribution in [0.15, 0.2) is 42.5 Å². The quantitative estimate of drug-likeness (QED) is 0.778. The number of amides is 2. The Kier molecular flexibility index (Phi) is 5.80. The summed E-state index contributed by atoms with van der Waals surface area (Å²) in [5.41, 5.74) is 0.402. The van der Waals surface area contributed by atoms with Gasteiger partial charge in [0.05, 0.1) is 5.69 Å². The van der Waals surface area contributed by atoms with Crippen LogP contribution in [0, 0.1) is 17.5 Å². The molecule has 0 aliphatic heterocycles. The molecule has 132 valence electrons. The standard InChI is InChI=1S/C18H17F3N2O2/c1-12(24)23(15-9-8-14(19)17(20)18(15)21)11-16(25)22(2)10-13-6-4-3-5-7-13/h3-9H,10-11H2,1-2H3. The molecular weight excluding hydrogens is 333 g/mol. The molecule has 0 bridgehead atoms. The number of halogens is 3. The second-order valence-corrected chi connectivity index (χ2v) is 5.54. The first-order valence-electron chi connectivity index (χ1n) is 7.50. The molecule has 0 N–H and O–H groups in total. The number of nitrogens with zero attached hydrogens (tertiary/aromatic N) is 2. The number of hydrogen-bond acceptors (Lipinski definition) is 2. The average Bonchev–Trinajstić information content (AvgIpc) is 2.58. The number of hydrogen-bond donors (Lipinski definition) is 0. The first kappa shape index (κ1) is 18.5. The molecule has 2 aromatic carbocycles. The summed E-state index contributed by atoms with van der Waals surface area (Å²) in [6, 6.07) is 10.8. The van der Waals surface area contributed by atoms with Gasteiger partial charge in [-0.25, -0.2) is 13.2 Å². The maximum absolute atomic E-state index is 13.9. The predicted molar refractivity (Wildman–Crippen MR) is 87.3 cm³/mol. The lowest BCUT2D eigenvalue weighted by molar-refractivity contribution is -0.130. The van der Waals surface area contributed by atoms with E-state index >= 15 is 0 Å². The van der Waals surface area contributed by atoms with Gasteiger partial charge in [-0.2, -0.15) is 0 Å². The second kappa shape index (κ2) is 7.83. The molecule has 2 amide bonds. The van der Waals surface area contributed by atoms with E-state index in [-0.39, 0.29) is 0 Å². The van der Waals surface area contributed by atoms with Crippen LogP contribution in [-0.2, 0) is 16.1 Å². The van der Waals surface area contributed by atoms with E-state index < -0.39 is 41.5 Å². The Morgan fingerprint density at radius 1 is 0.960 bits per heavy atom. The van der Waals surface area contributed by atoms with Gasteiger partial charge >= 0.3 is 0 Å². The van der Waals surface area contributed by atoms with Crippen molar-refractivity contribution < 1.29 is 22.8 Å². The van der Waals surface area contributed by atoms with Crippen LogP contribution < -0.4 is 4.90 Å². The fourth-order valence-electron chi connectivity index (χ4n) is 2.29. The summed E-state index contributed by atoms with van der Waals surface area (Å²) < 4.78 is 40.4. The third-order valence-electron chi connectivity index (χ3n) is 3.67. The molecule has 0 aliphatic rings. The third kappa shape index (κ3) is 4.37. The van der Waals surface area contributed by atoms with Crippen molar-refractivity contribution in [2.45, 2.75) is 13.5 Å². The molecule has 0 atom stereocenters. The number of carbonyl (C=O) groups excluding carboxylic acids is 2. The Bertz CT molecular complexity index is 781. The smallest absolute Gasteiger partial charge is 0.242 e. The number of anilines is 1. The molecule has 7 heteroatoms. The maximum Gasteiger partial charge on any atom is 0.242 e. The monoisotopic (exact) mass is 350 g/mol. The van der Waals surface area contributed by atoms with Crippen LogP contribution in [0.4, 0.5) is 18.9 Å². The third-order valence-corrected chi connectivity index (χ3v) is 3.67. The number of benzene rings is 2. The molecule has 0 heterocycles. The normalized spacial score (nSPS) is 10.4. The summed E-state index contributed by atoms with van der Waals surface area (Å²) in [6.45, 7) is 0.928. The summed E-state index contributed by atoms with van der Waals surface area (Å²) >= 11 is 0. The van der Waals surface area contributed by atoms with Crippen molar-refractivity contribution in [1.29, 1.82) is 0 Å². The van der Waals surface area contributed by atoms with Crippen LogP contribution in [0.3, 0.4) is 0 Å². The Hall–Kier alpha value is -2.83. The lowest BCUT2D eigenvalue weighted by Crippen LogP contribution is -2.41. The Morgan fingerprint density at radius 3 is 2.20 bits per heavy atom. The van der Waals surface area contributed by atoms with Crippen LogP contribution in [-0.4, -0.2) is 30.3 Å². The van der Waals surface area contributed by atoms with Crippen molar-refractivity contribution in [3.8, 4) is 0 Å². The van der Waals surface area contributed by atoms with Gasteiger partial charge in [0.1, 0.15) is 6.54 Å². The van der Waals surface area contributed by atoms with E-state index in [2.05, 4.69) is 0 Å². The van der Waals surface area contributed by atoms with Gasteiger partial charge < -0.3 is 9.80 Å². The van der Waals surface area contributed by atoms with Crippen LogP contribution in [0.1, 0.15) is 12.5 Å². The molecular formula is C18H17F3N2O2. The molecule has 0 spiro atoms. The van der Waals surface area contributed by atoms with Gasteiger partial charge in [0.15, 0.2) is 17.5 Å². The summed E-state index contributed by atoms with van der Waals surface area (Å²) in [5.74, 6) is -5.69. The number of likely N-dealkylation sites (N-methyl/N-ethyl adjacent to an activating group) is 1. The van der Waals surface area contributed by atoms with Gasteiger partial charge in [-0.15, -0.1) is 0 Å². The van der Waals surface area contributed by atoms with E-state index in [4.69, 9.17) is 0 Å². The summed E-state index contributed by atoms with van der Waals surface area (Å²) in [5, 5.41) is 0. The molecule has 25 heavy (non-hydrogen) atoms. The average molecular weight is 350 g/mol. The molecule has 0 aromatic heterocycles. The molecule has 0 unspecified atom stereocenters. The minimum Gasteiger partial charge on any atom is -0.340 e. The molecule has 0 radical (unpaired) electrons. The summed E-state index contributed by atoms with van der Waals surface area (Å²) in [4.78, 5) is 26.3. The zero-order chi connectivity index (χ0) is 18.6. The molecule has 0 fully saturated rings. The van der Waals surface area contributed by atoms with Crippen molar-refractivity contribution >= 4 is 17.5 Å². The van der Waals surface area contributed by atoms with Gasteiger partial charge in [0.25, 0.3) is 0 Å². The molecule has 0 saturated carbocycles. The molecule has 0 aliphatic carbocycles. The van der Waals surface area contributed by atoms with Crippen molar-refractivity contribution in [2.75, 3.05) is 18.5 Å². The highest BCUT2D eigenvalue weighted by atomic mass is 19.2. The highest BCUT2D eigenvalue weighted by Crippen LogP contribution is 2.24. The highest BCUT2D eigenvalue weighted by Gasteiger charge is 2.24. The zero-order valence-electron chi connectivity index (χ0n) is 13.8. The van der Waals surface area contributed by atoms with E-state index in [0.29, 0.717) is 12.6 Å². The van der Waals surface area contributed by atoms with E-state index in [1.807, 2.05) is 30.3 Å². The van der Waals surface area contributed by atoms with Crippen LogP contribution in [0.25, 0.3) is 0 Å². The molecule has 4 nitrogen and oxygen atoms in total. The maximum atomic E-state index is 13.9. The van der Waals surface area contributed by atoms with Gasteiger partial charge in [-0.1, -0.05) is 30.3 Å². The number of carbonyl (C=O) groups is 2. The molecule has 2 aromatic rings. The van der Waals surface area contributed by atoms with Crippen LogP contribution in [0.2, 0.25) is 0 Å². The van der Waals surface area contributed by atoms with Gasteiger partial charge in [0.2, 0.25) is 11.8 Å². The first-order valence-corrected chi connectivity index (χ1v) is 7.50. The zero-order valence-corrected chi connectivity index (χ0v) is 13.8. The molecule has 0 saturated heterocycles. The van der Waals surface area contributed by atoms with Crippen molar-refractivity contribution in [1.82, 2.24) is 4.90 Å². The van der Waals surface area contributed by atoms with E-state index in [1.54, 1.807) is 0 Å². The van der Waals surface area contributed by atoms with Gasteiger partial charge in [0, 0.05) is 20.5 Å². The summed E-state index contributed by atoms with van der Waals surface area (Å²) in [6.07, 6.45) is 0. The van der Waals surface area contributed by atoms with E-state index in [1.165, 1.54) is 11.9 Å². The van der Waals surface area contributed by atoms with E-state index in [9.17, 15) is 22.8 Å². The van der Waals surface area contributed by atoms with E-state index in [0.717, 1.165) is 23.5 Å². The first-order chi connectivity index (χ1) is 11.8. The minimum atomic E-state index is -1.69. The van der Waals surface area contributed by atoms with Crippen molar-refractivity contribution in [3.63, 3.8) is 0 Å². The van der Waals surface area contributed by atoms with Crippen molar-refractivity contribution in [2.24, 2.45) is 0 Å². The molecule has 2 rings (SSSR count). The van der Waals surface area contributed by atoms with Crippen LogP contribution in [0.5, 0.6) is 0 Å². The largest absolute Gasteiger partial charge is 0.340 e. The SMILES string of the molecule is CC(=O)N(CC(=O)N(C)Cc1ccccc1)c1ccc(F)c(F)c1F. The Balaban J connectivity index is 2.18. The number of rotatable bonds is 5. The summed E-state index contributed by atoms with van der Waals surface area (Å²) in [7, 11) is 1.54. The van der Waals surface area contributed by atoms with Gasteiger partial charge in [-0.05, 0) is 17.7 Å². The fraction of sp³-hybridized carbons (Fsp3) is 0.222. The lowest BCUT2D eigenvalue weighted by Gasteiger charge is -2.25. The second-order valence-electron chi connectivity index (χ2n) is 5.54. The topological polar surface area (TPSA) is 40.6 Å². The highest BCUT2D eigenvalue weighted by molar-refractivity contribution is 5.97. The predicted octanol–water partition coefficient (Wildman–Crippen LogP) is 3.12. The van der Waals surface area contributed by atoms with Crippen LogP contribution >= 0.6 is 0 Å².